The van der Waals surface area contributed by atoms with Crippen molar-refractivity contribution in [3.63, 3.8) is 0 Å². The number of rotatable bonds is 2. The minimum atomic E-state index is 0.0886. The maximum Gasteiger partial charge on any atom is 0.255 e. The SMILES string of the molecule is CCC1CN(C(=O)c2ccccc2C#CCN)CCS1. The van der Waals surface area contributed by atoms with Crippen molar-refractivity contribution in [1.82, 2.24) is 4.90 Å². The molecule has 4 heteroatoms. The van der Waals surface area contributed by atoms with Crippen molar-refractivity contribution < 1.29 is 4.79 Å². The third-order valence-electron chi connectivity index (χ3n) is 3.36. The van der Waals surface area contributed by atoms with Crippen molar-refractivity contribution in [1.29, 1.82) is 0 Å². The van der Waals surface area contributed by atoms with Crippen molar-refractivity contribution in [2.75, 3.05) is 25.4 Å². The van der Waals surface area contributed by atoms with Gasteiger partial charge in [-0.3, -0.25) is 4.79 Å². The molecule has 1 heterocycles. The molecule has 1 amide bonds. The van der Waals surface area contributed by atoms with E-state index in [4.69, 9.17) is 5.73 Å². The molecule has 1 aromatic carbocycles. The van der Waals surface area contributed by atoms with E-state index in [1.54, 1.807) is 0 Å². The Bertz CT molecular complexity index is 533. The molecule has 3 nitrogen and oxygen atoms in total. The van der Waals surface area contributed by atoms with E-state index in [9.17, 15) is 4.79 Å². The molecule has 2 N–H and O–H groups in total. The van der Waals surface area contributed by atoms with E-state index in [-0.39, 0.29) is 5.91 Å². The van der Waals surface area contributed by atoms with Gasteiger partial charge in [-0.2, -0.15) is 11.8 Å². The maximum atomic E-state index is 12.7. The van der Waals surface area contributed by atoms with Crippen LogP contribution in [0.1, 0.15) is 29.3 Å². The van der Waals surface area contributed by atoms with Gasteiger partial charge in [0.05, 0.1) is 12.1 Å². The third kappa shape index (κ3) is 3.56. The molecule has 0 bridgehead atoms. The molecular formula is C16H20N2OS. The van der Waals surface area contributed by atoms with E-state index in [0.29, 0.717) is 17.4 Å². The summed E-state index contributed by atoms with van der Waals surface area (Å²) in [7, 11) is 0. The van der Waals surface area contributed by atoms with Gasteiger partial charge in [-0.1, -0.05) is 30.9 Å². The Kier molecular flexibility index (Phi) is 5.51. The van der Waals surface area contributed by atoms with Crippen LogP contribution >= 0.6 is 11.8 Å². The van der Waals surface area contributed by atoms with E-state index in [1.807, 2.05) is 40.9 Å². The molecule has 0 aliphatic carbocycles. The van der Waals surface area contributed by atoms with Crippen LogP contribution in [-0.4, -0.2) is 41.4 Å². The van der Waals surface area contributed by atoms with Crippen molar-refractivity contribution in [3.05, 3.63) is 35.4 Å². The van der Waals surface area contributed by atoms with Crippen LogP contribution in [0.4, 0.5) is 0 Å². The fourth-order valence-electron chi connectivity index (χ4n) is 2.25. The van der Waals surface area contributed by atoms with Gasteiger partial charge >= 0.3 is 0 Å². The van der Waals surface area contributed by atoms with E-state index < -0.39 is 0 Å². The Morgan fingerprint density at radius 1 is 1.50 bits per heavy atom. The van der Waals surface area contributed by atoms with Gasteiger partial charge in [-0.05, 0) is 18.6 Å². The van der Waals surface area contributed by atoms with Crippen LogP contribution in [0, 0.1) is 11.8 Å². The van der Waals surface area contributed by atoms with Gasteiger partial charge in [0.15, 0.2) is 0 Å². The second-order valence-electron chi connectivity index (χ2n) is 4.70. The molecule has 1 saturated heterocycles. The third-order valence-corrected chi connectivity index (χ3v) is 4.74. The van der Waals surface area contributed by atoms with Gasteiger partial charge in [0, 0.05) is 29.7 Å². The molecule has 0 radical (unpaired) electrons. The van der Waals surface area contributed by atoms with E-state index in [0.717, 1.165) is 30.8 Å². The monoisotopic (exact) mass is 288 g/mol. The first kappa shape index (κ1) is 15.0. The topological polar surface area (TPSA) is 46.3 Å². The summed E-state index contributed by atoms with van der Waals surface area (Å²) in [6.07, 6.45) is 1.10. The molecule has 0 saturated carbocycles. The Morgan fingerprint density at radius 2 is 2.30 bits per heavy atom. The predicted molar refractivity (Wildman–Crippen MR) is 84.8 cm³/mol. The number of benzene rings is 1. The Morgan fingerprint density at radius 3 is 3.05 bits per heavy atom. The van der Waals surface area contributed by atoms with Crippen molar-refractivity contribution in [3.8, 4) is 11.8 Å². The first-order valence-electron chi connectivity index (χ1n) is 6.95. The van der Waals surface area contributed by atoms with Gasteiger partial charge < -0.3 is 10.6 Å². The zero-order valence-electron chi connectivity index (χ0n) is 11.8. The molecule has 1 atom stereocenters. The highest BCUT2D eigenvalue weighted by atomic mass is 32.2. The summed E-state index contributed by atoms with van der Waals surface area (Å²) in [5, 5.41) is 0.551. The number of amides is 1. The number of thioether (sulfide) groups is 1. The summed E-state index contributed by atoms with van der Waals surface area (Å²) < 4.78 is 0. The fraction of sp³-hybridized carbons (Fsp3) is 0.438. The summed E-state index contributed by atoms with van der Waals surface area (Å²) in [4.78, 5) is 14.6. The lowest BCUT2D eigenvalue weighted by atomic mass is 10.1. The quantitative estimate of drug-likeness (QED) is 0.846. The van der Waals surface area contributed by atoms with Gasteiger partial charge in [0.25, 0.3) is 5.91 Å². The molecule has 1 aliphatic rings. The molecule has 2 rings (SSSR count). The number of nitrogens with two attached hydrogens (primary N) is 1. The lowest BCUT2D eigenvalue weighted by molar-refractivity contribution is 0.0760. The normalized spacial score (nSPS) is 18.3. The van der Waals surface area contributed by atoms with Crippen LogP contribution in [0.15, 0.2) is 24.3 Å². The molecule has 1 aliphatic heterocycles. The van der Waals surface area contributed by atoms with Crippen LogP contribution < -0.4 is 5.73 Å². The second kappa shape index (κ2) is 7.37. The fourth-order valence-corrected chi connectivity index (χ4v) is 3.43. The van der Waals surface area contributed by atoms with E-state index in [2.05, 4.69) is 18.8 Å². The van der Waals surface area contributed by atoms with E-state index in [1.165, 1.54) is 0 Å². The van der Waals surface area contributed by atoms with E-state index >= 15 is 0 Å². The highest BCUT2D eigenvalue weighted by Gasteiger charge is 2.24. The molecule has 106 valence electrons. The zero-order valence-corrected chi connectivity index (χ0v) is 12.6. The summed E-state index contributed by atoms with van der Waals surface area (Å²) >= 11 is 1.96. The highest BCUT2D eigenvalue weighted by Crippen LogP contribution is 2.23. The number of hydrogen-bond acceptors (Lipinski definition) is 3. The van der Waals surface area contributed by atoms with Gasteiger partial charge in [0.1, 0.15) is 0 Å². The molecule has 0 aromatic heterocycles. The van der Waals surface area contributed by atoms with Crippen LogP contribution in [-0.2, 0) is 0 Å². The van der Waals surface area contributed by atoms with Crippen LogP contribution in [0.2, 0.25) is 0 Å². The maximum absolute atomic E-state index is 12.7. The molecule has 0 spiro atoms. The largest absolute Gasteiger partial charge is 0.337 e. The lowest BCUT2D eigenvalue weighted by Crippen LogP contribution is -2.42. The minimum Gasteiger partial charge on any atom is -0.337 e. The minimum absolute atomic E-state index is 0.0886. The predicted octanol–water partition coefficient (Wildman–Crippen LogP) is 1.96. The average molecular weight is 288 g/mol. The molecular weight excluding hydrogens is 268 g/mol. The Hall–Kier alpha value is -1.44. The summed E-state index contributed by atoms with van der Waals surface area (Å²) in [6.45, 7) is 4.13. The zero-order chi connectivity index (χ0) is 14.4. The molecule has 1 unspecified atom stereocenters. The van der Waals surface area contributed by atoms with Crippen molar-refractivity contribution >= 4 is 17.7 Å². The first-order chi connectivity index (χ1) is 9.76. The molecule has 1 fully saturated rings. The van der Waals surface area contributed by atoms with Crippen LogP contribution in [0.25, 0.3) is 0 Å². The number of hydrogen-bond donors (Lipinski definition) is 1. The average Bonchev–Trinajstić information content (AvgIpc) is 2.52. The summed E-state index contributed by atoms with van der Waals surface area (Å²) in [6, 6.07) is 7.52. The van der Waals surface area contributed by atoms with Gasteiger partial charge in [-0.25, -0.2) is 0 Å². The smallest absolute Gasteiger partial charge is 0.255 e. The lowest BCUT2D eigenvalue weighted by Gasteiger charge is -2.32. The summed E-state index contributed by atoms with van der Waals surface area (Å²) in [5.74, 6) is 6.92. The first-order valence-corrected chi connectivity index (χ1v) is 8.00. The van der Waals surface area contributed by atoms with Crippen molar-refractivity contribution in [2.24, 2.45) is 5.73 Å². The highest BCUT2D eigenvalue weighted by molar-refractivity contribution is 8.00. The number of carbonyl (C=O) groups excluding carboxylic acids is 1. The van der Waals surface area contributed by atoms with Crippen molar-refractivity contribution in [2.45, 2.75) is 18.6 Å². The van der Waals surface area contributed by atoms with Gasteiger partial charge in [-0.15, -0.1) is 0 Å². The Balaban J connectivity index is 2.20. The molecule has 1 aromatic rings. The standard InChI is InChI=1S/C16H20N2OS/c1-2-14-12-18(10-11-20-14)16(19)15-8-4-3-6-13(15)7-5-9-17/h3-4,6,8,14H,2,9-12,17H2,1H3. The van der Waals surface area contributed by atoms with Crippen LogP contribution in [0.5, 0.6) is 0 Å². The van der Waals surface area contributed by atoms with Gasteiger partial charge in [0.2, 0.25) is 0 Å². The van der Waals surface area contributed by atoms with Crippen LogP contribution in [0.3, 0.4) is 0 Å². The number of carbonyl (C=O) groups is 1. The summed E-state index contributed by atoms with van der Waals surface area (Å²) in [5.41, 5.74) is 6.87. The molecule has 20 heavy (non-hydrogen) atoms. The Labute approximate surface area is 124 Å². The number of nitrogens with zero attached hydrogens (tertiary/aromatic N) is 1. The second-order valence-corrected chi connectivity index (χ2v) is 6.11.